The predicted octanol–water partition coefficient (Wildman–Crippen LogP) is 7.37. The second kappa shape index (κ2) is 7.44. The normalized spacial score (nSPS) is 43.4. The molecule has 0 heterocycles. The van der Waals surface area contributed by atoms with Gasteiger partial charge >= 0.3 is 0 Å². The molecule has 0 radical (unpaired) electrons. The van der Waals surface area contributed by atoms with Gasteiger partial charge in [0.1, 0.15) is 0 Å². The first-order valence-electron chi connectivity index (χ1n) is 12.2. The van der Waals surface area contributed by atoms with Crippen molar-refractivity contribution in [1.82, 2.24) is 0 Å². The van der Waals surface area contributed by atoms with Crippen LogP contribution in [0.4, 0.5) is 0 Å². The molecule has 2 saturated carbocycles. The second-order valence-electron chi connectivity index (χ2n) is 11.7. The van der Waals surface area contributed by atoms with Crippen molar-refractivity contribution in [2.75, 3.05) is 0 Å². The monoisotopic (exact) mass is 382 g/mol. The molecule has 1 nitrogen and oxygen atoms in total. The van der Waals surface area contributed by atoms with E-state index in [0.29, 0.717) is 11.2 Å². The minimum atomic E-state index is 0.246. The maximum atomic E-state index is 12.0. The zero-order valence-electron chi connectivity index (χ0n) is 19.0. The summed E-state index contributed by atoms with van der Waals surface area (Å²) < 4.78 is 0. The number of rotatable bonds is 5. The zero-order valence-corrected chi connectivity index (χ0v) is 19.0. The number of carbonyl (C=O) groups is 1. The van der Waals surface area contributed by atoms with Gasteiger partial charge < -0.3 is 0 Å². The Hall–Kier alpha value is -0.850. The maximum absolute atomic E-state index is 12.0. The standard InChI is InChI=1S/C27H42O/c1-18(2)7-6-8-19(3)23-11-12-24-22-10-9-20-17-21(28)13-15-26(20,4)25(22)14-16-27(23,24)5/h9-10,17-19,22-25H,6-8,11-16H2,1-5H3/t19-,22+,23-,24-,25+,26+,27-/m1/s1. The Morgan fingerprint density at radius 3 is 2.57 bits per heavy atom. The van der Waals surface area contributed by atoms with Crippen molar-refractivity contribution in [1.29, 1.82) is 0 Å². The molecule has 4 aliphatic carbocycles. The van der Waals surface area contributed by atoms with Gasteiger partial charge in [0, 0.05) is 6.42 Å². The van der Waals surface area contributed by atoms with Crippen molar-refractivity contribution >= 4 is 5.78 Å². The number of fused-ring (bicyclic) bond motifs is 5. The van der Waals surface area contributed by atoms with Crippen molar-refractivity contribution in [3.05, 3.63) is 23.8 Å². The molecule has 4 rings (SSSR count). The van der Waals surface area contributed by atoms with E-state index in [9.17, 15) is 4.79 Å². The van der Waals surface area contributed by atoms with Gasteiger partial charge in [-0.3, -0.25) is 4.79 Å². The molecule has 0 bridgehead atoms. The highest BCUT2D eigenvalue weighted by Gasteiger charge is 2.58. The Bertz CT molecular complexity index is 670. The predicted molar refractivity (Wildman–Crippen MR) is 118 cm³/mol. The van der Waals surface area contributed by atoms with Gasteiger partial charge in [0.05, 0.1) is 0 Å². The number of ketones is 1. The van der Waals surface area contributed by atoms with Crippen molar-refractivity contribution in [3.8, 4) is 0 Å². The number of carbonyl (C=O) groups excluding carboxylic acids is 1. The van der Waals surface area contributed by atoms with Crippen LogP contribution in [0.1, 0.15) is 92.4 Å². The lowest BCUT2D eigenvalue weighted by molar-refractivity contribution is -0.116. The molecule has 7 atom stereocenters. The molecule has 4 aliphatic rings. The summed E-state index contributed by atoms with van der Waals surface area (Å²) in [7, 11) is 0. The Morgan fingerprint density at radius 2 is 1.82 bits per heavy atom. The Kier molecular flexibility index (Phi) is 5.43. The fourth-order valence-corrected chi connectivity index (χ4v) is 8.02. The summed E-state index contributed by atoms with van der Waals surface area (Å²) in [4.78, 5) is 12.0. The van der Waals surface area contributed by atoms with Gasteiger partial charge in [-0.05, 0) is 90.1 Å². The highest BCUT2D eigenvalue weighted by Crippen LogP contribution is 2.66. The third kappa shape index (κ3) is 3.25. The van der Waals surface area contributed by atoms with Crippen LogP contribution in [0.3, 0.4) is 0 Å². The quantitative estimate of drug-likeness (QED) is 0.485. The minimum Gasteiger partial charge on any atom is -0.295 e. The van der Waals surface area contributed by atoms with E-state index in [1.54, 1.807) is 0 Å². The molecule has 0 N–H and O–H groups in total. The molecule has 0 aromatic carbocycles. The average molecular weight is 383 g/mol. The average Bonchev–Trinajstić information content (AvgIpc) is 2.99. The summed E-state index contributed by atoms with van der Waals surface area (Å²) in [5, 5.41) is 0. The van der Waals surface area contributed by atoms with E-state index in [4.69, 9.17) is 0 Å². The fourth-order valence-electron chi connectivity index (χ4n) is 8.02. The molecule has 0 amide bonds. The maximum Gasteiger partial charge on any atom is 0.156 e. The zero-order chi connectivity index (χ0) is 20.1. The Labute approximate surface area is 173 Å². The van der Waals surface area contributed by atoms with Crippen LogP contribution in [0.25, 0.3) is 0 Å². The second-order valence-corrected chi connectivity index (χ2v) is 11.7. The molecule has 156 valence electrons. The topological polar surface area (TPSA) is 17.1 Å². The smallest absolute Gasteiger partial charge is 0.156 e. The largest absolute Gasteiger partial charge is 0.295 e. The van der Waals surface area contributed by atoms with E-state index >= 15 is 0 Å². The third-order valence-electron chi connectivity index (χ3n) is 9.72. The molecule has 0 unspecified atom stereocenters. The van der Waals surface area contributed by atoms with Crippen LogP contribution in [0.5, 0.6) is 0 Å². The lowest BCUT2D eigenvalue weighted by Crippen LogP contribution is -2.49. The summed E-state index contributed by atoms with van der Waals surface area (Å²) in [6, 6.07) is 0. The molecule has 0 aromatic heterocycles. The summed E-state index contributed by atoms with van der Waals surface area (Å²) in [6.07, 6.45) is 18.5. The lowest BCUT2D eigenvalue weighted by atomic mass is 9.48. The van der Waals surface area contributed by atoms with E-state index in [1.165, 1.54) is 50.5 Å². The first kappa shape index (κ1) is 20.4. The van der Waals surface area contributed by atoms with Crippen LogP contribution < -0.4 is 0 Å². The Morgan fingerprint density at radius 1 is 1.04 bits per heavy atom. The van der Waals surface area contributed by atoms with E-state index in [1.807, 2.05) is 6.08 Å². The molecule has 0 aromatic rings. The SMILES string of the molecule is CC(C)CCC[C@@H](C)[C@H]1CC[C@@H]2[C@@H]3C=CC4=CC(=O)CC[C@]4(C)[C@H]3CC[C@@]21C. The first-order valence-corrected chi connectivity index (χ1v) is 12.2. The molecule has 0 saturated heterocycles. The number of allylic oxidation sites excluding steroid dienone is 4. The summed E-state index contributed by atoms with van der Waals surface area (Å²) in [5.41, 5.74) is 2.12. The first-order chi connectivity index (χ1) is 13.3. The van der Waals surface area contributed by atoms with Gasteiger partial charge in [-0.2, -0.15) is 0 Å². The molecule has 1 heteroatoms. The molecule has 0 aliphatic heterocycles. The summed E-state index contributed by atoms with van der Waals surface area (Å²) in [6.45, 7) is 12.4. The van der Waals surface area contributed by atoms with Crippen molar-refractivity contribution in [2.45, 2.75) is 92.4 Å². The van der Waals surface area contributed by atoms with Crippen LogP contribution in [0.2, 0.25) is 0 Å². The van der Waals surface area contributed by atoms with Gasteiger partial charge in [-0.25, -0.2) is 0 Å². The van der Waals surface area contributed by atoms with Crippen LogP contribution in [0.15, 0.2) is 23.8 Å². The van der Waals surface area contributed by atoms with Gasteiger partial charge in [0.15, 0.2) is 5.78 Å². The van der Waals surface area contributed by atoms with Gasteiger partial charge in [-0.15, -0.1) is 0 Å². The van der Waals surface area contributed by atoms with Gasteiger partial charge in [-0.1, -0.05) is 66.0 Å². The molecular formula is C27H42O. The highest BCUT2D eigenvalue weighted by atomic mass is 16.1. The lowest BCUT2D eigenvalue weighted by Gasteiger charge is -2.56. The van der Waals surface area contributed by atoms with E-state index in [0.717, 1.165) is 48.3 Å². The van der Waals surface area contributed by atoms with Crippen LogP contribution in [-0.4, -0.2) is 5.78 Å². The summed E-state index contributed by atoms with van der Waals surface area (Å²) >= 11 is 0. The van der Waals surface area contributed by atoms with E-state index in [2.05, 4.69) is 46.8 Å². The number of hydrogen-bond donors (Lipinski definition) is 0. The van der Waals surface area contributed by atoms with Crippen molar-refractivity contribution < 1.29 is 4.79 Å². The van der Waals surface area contributed by atoms with Gasteiger partial charge in [0.25, 0.3) is 0 Å². The van der Waals surface area contributed by atoms with Crippen LogP contribution in [-0.2, 0) is 4.79 Å². The fraction of sp³-hybridized carbons (Fsp3) is 0.815. The highest BCUT2D eigenvalue weighted by molar-refractivity contribution is 5.92. The number of hydrogen-bond acceptors (Lipinski definition) is 1. The molecule has 28 heavy (non-hydrogen) atoms. The summed E-state index contributed by atoms with van der Waals surface area (Å²) in [5.74, 6) is 5.32. The van der Waals surface area contributed by atoms with Crippen LogP contribution >= 0.6 is 0 Å². The molecular weight excluding hydrogens is 340 g/mol. The third-order valence-corrected chi connectivity index (χ3v) is 9.72. The van der Waals surface area contributed by atoms with Crippen LogP contribution in [0, 0.1) is 46.3 Å². The minimum absolute atomic E-state index is 0.246. The van der Waals surface area contributed by atoms with E-state index in [-0.39, 0.29) is 5.41 Å². The van der Waals surface area contributed by atoms with Gasteiger partial charge in [0.2, 0.25) is 0 Å². The molecule has 2 fully saturated rings. The molecule has 0 spiro atoms. The van der Waals surface area contributed by atoms with Crippen molar-refractivity contribution in [2.24, 2.45) is 46.3 Å². The van der Waals surface area contributed by atoms with Crippen molar-refractivity contribution in [3.63, 3.8) is 0 Å². The van der Waals surface area contributed by atoms with E-state index < -0.39 is 0 Å². The Balaban J connectivity index is 1.53.